The van der Waals surface area contributed by atoms with Crippen molar-refractivity contribution in [1.29, 1.82) is 0 Å². The lowest BCUT2D eigenvalue weighted by molar-refractivity contribution is -0.122. The van der Waals surface area contributed by atoms with Gasteiger partial charge in [0.1, 0.15) is 6.04 Å². The maximum atomic E-state index is 12.6. The second-order valence-electron chi connectivity index (χ2n) is 5.77. The van der Waals surface area contributed by atoms with Crippen LogP contribution in [0.5, 0.6) is 0 Å². The molecule has 0 aromatic carbocycles. The van der Waals surface area contributed by atoms with Crippen LogP contribution in [0.1, 0.15) is 40.7 Å². The highest BCUT2D eigenvalue weighted by Crippen LogP contribution is 2.17. The number of nitrogens with zero attached hydrogens (tertiary/aromatic N) is 2. The topological polar surface area (TPSA) is 76.0 Å². The predicted molar refractivity (Wildman–Crippen MR) is 92.9 cm³/mol. The largest absolute Gasteiger partial charge is 0.357 e. The van der Waals surface area contributed by atoms with Crippen LogP contribution in [0, 0.1) is 13.8 Å². The van der Waals surface area contributed by atoms with Gasteiger partial charge < -0.3 is 15.2 Å². The number of aromatic nitrogens is 2. The zero-order valence-electron chi connectivity index (χ0n) is 14.6. The number of carbonyl (C=O) groups is 2. The van der Waals surface area contributed by atoms with Crippen molar-refractivity contribution >= 4 is 11.8 Å². The summed E-state index contributed by atoms with van der Waals surface area (Å²) < 4.78 is 2.09. The summed E-state index contributed by atoms with van der Waals surface area (Å²) in [7, 11) is 1.57. The van der Waals surface area contributed by atoms with Gasteiger partial charge in [-0.2, -0.15) is 0 Å². The molecule has 0 aliphatic carbocycles. The van der Waals surface area contributed by atoms with Gasteiger partial charge in [0.15, 0.2) is 0 Å². The van der Waals surface area contributed by atoms with Crippen molar-refractivity contribution < 1.29 is 9.59 Å². The Bertz CT molecular complexity index is 722. The molecule has 24 heavy (non-hydrogen) atoms. The second-order valence-corrected chi connectivity index (χ2v) is 5.77. The van der Waals surface area contributed by atoms with Gasteiger partial charge in [-0.05, 0) is 44.0 Å². The molecule has 0 saturated heterocycles. The van der Waals surface area contributed by atoms with Crippen molar-refractivity contribution in [1.82, 2.24) is 20.2 Å². The first-order valence-corrected chi connectivity index (χ1v) is 8.06. The van der Waals surface area contributed by atoms with Crippen LogP contribution >= 0.6 is 0 Å². The Hall–Kier alpha value is -2.63. The monoisotopic (exact) mass is 328 g/mol. The third kappa shape index (κ3) is 3.82. The normalized spacial score (nSPS) is 11.8. The molecule has 0 aliphatic rings. The molecule has 0 spiro atoms. The SMILES string of the molecule is CCC(NC(=O)c1cc(C)n(Cc2ccncc2)c1C)C(=O)NC. The lowest BCUT2D eigenvalue weighted by Gasteiger charge is -2.15. The quantitative estimate of drug-likeness (QED) is 0.849. The van der Waals surface area contributed by atoms with Crippen molar-refractivity contribution in [2.45, 2.75) is 39.8 Å². The molecule has 0 bridgehead atoms. The summed E-state index contributed by atoms with van der Waals surface area (Å²) >= 11 is 0. The highest BCUT2D eigenvalue weighted by molar-refractivity contribution is 5.98. The minimum absolute atomic E-state index is 0.184. The highest BCUT2D eigenvalue weighted by Gasteiger charge is 2.21. The molecule has 1 unspecified atom stereocenters. The van der Waals surface area contributed by atoms with Crippen LogP contribution in [0.3, 0.4) is 0 Å². The highest BCUT2D eigenvalue weighted by atomic mass is 16.2. The number of carbonyl (C=O) groups excluding carboxylic acids is 2. The van der Waals surface area contributed by atoms with E-state index in [1.807, 2.05) is 39.0 Å². The summed E-state index contributed by atoms with van der Waals surface area (Å²) in [6.45, 7) is 6.44. The number of aryl methyl sites for hydroxylation is 1. The number of pyridine rings is 1. The summed E-state index contributed by atoms with van der Waals surface area (Å²) in [5.41, 5.74) is 3.61. The zero-order chi connectivity index (χ0) is 17.7. The summed E-state index contributed by atoms with van der Waals surface area (Å²) in [4.78, 5) is 28.4. The number of hydrogen-bond acceptors (Lipinski definition) is 3. The molecule has 2 heterocycles. The summed E-state index contributed by atoms with van der Waals surface area (Å²) in [5.74, 6) is -0.407. The van der Waals surface area contributed by atoms with Gasteiger partial charge >= 0.3 is 0 Å². The second kappa shape index (κ2) is 7.77. The third-order valence-corrected chi connectivity index (χ3v) is 4.18. The summed E-state index contributed by atoms with van der Waals surface area (Å²) in [6, 6.07) is 5.25. The number of rotatable bonds is 6. The third-order valence-electron chi connectivity index (χ3n) is 4.18. The van der Waals surface area contributed by atoms with E-state index in [-0.39, 0.29) is 11.8 Å². The fourth-order valence-electron chi connectivity index (χ4n) is 2.71. The maximum absolute atomic E-state index is 12.6. The van der Waals surface area contributed by atoms with E-state index in [2.05, 4.69) is 20.2 Å². The molecule has 0 fully saturated rings. The van der Waals surface area contributed by atoms with Crippen LogP contribution in [-0.4, -0.2) is 34.5 Å². The molecule has 2 amide bonds. The van der Waals surface area contributed by atoms with Crippen molar-refractivity contribution in [3.8, 4) is 0 Å². The molecule has 2 aromatic heterocycles. The molecule has 1 atom stereocenters. The Balaban J connectivity index is 2.21. The minimum atomic E-state index is -0.522. The fourth-order valence-corrected chi connectivity index (χ4v) is 2.71. The maximum Gasteiger partial charge on any atom is 0.253 e. The van der Waals surface area contributed by atoms with Gasteiger partial charge in [0.2, 0.25) is 5.91 Å². The fraction of sp³-hybridized carbons (Fsp3) is 0.389. The summed E-state index contributed by atoms with van der Waals surface area (Å²) in [6.07, 6.45) is 4.06. The van der Waals surface area contributed by atoms with Gasteiger partial charge in [-0.15, -0.1) is 0 Å². The van der Waals surface area contributed by atoms with Gasteiger partial charge in [-0.3, -0.25) is 14.6 Å². The molecule has 6 heteroatoms. The zero-order valence-corrected chi connectivity index (χ0v) is 14.6. The van der Waals surface area contributed by atoms with Crippen molar-refractivity contribution in [3.63, 3.8) is 0 Å². The van der Waals surface area contributed by atoms with E-state index in [0.717, 1.165) is 17.0 Å². The van der Waals surface area contributed by atoms with E-state index in [1.165, 1.54) is 0 Å². The average Bonchev–Trinajstić information content (AvgIpc) is 2.88. The van der Waals surface area contributed by atoms with Crippen molar-refractivity contribution in [3.05, 3.63) is 53.1 Å². The van der Waals surface area contributed by atoms with Gasteiger partial charge in [-0.25, -0.2) is 0 Å². The van der Waals surface area contributed by atoms with Gasteiger partial charge in [0.05, 0.1) is 5.56 Å². The number of hydrogen-bond donors (Lipinski definition) is 2. The van der Waals surface area contributed by atoms with Gasteiger partial charge in [-0.1, -0.05) is 6.92 Å². The first kappa shape index (κ1) is 17.7. The predicted octanol–water partition coefficient (Wildman–Crippen LogP) is 1.80. The van der Waals surface area contributed by atoms with E-state index in [0.29, 0.717) is 18.5 Å². The number of likely N-dealkylation sites (N-methyl/N-ethyl adjacent to an activating group) is 1. The van der Waals surface area contributed by atoms with Crippen LogP contribution in [0.15, 0.2) is 30.6 Å². The Kier molecular flexibility index (Phi) is 5.73. The molecule has 0 aliphatic heterocycles. The van der Waals surface area contributed by atoms with Crippen LogP contribution < -0.4 is 10.6 Å². The molecular weight excluding hydrogens is 304 g/mol. The van der Waals surface area contributed by atoms with Crippen LogP contribution in [0.2, 0.25) is 0 Å². The van der Waals surface area contributed by atoms with E-state index >= 15 is 0 Å². The Morgan fingerprint density at radius 2 is 1.92 bits per heavy atom. The molecule has 128 valence electrons. The van der Waals surface area contributed by atoms with Gasteiger partial charge in [0.25, 0.3) is 5.91 Å². The molecule has 0 radical (unpaired) electrons. The van der Waals surface area contributed by atoms with Crippen molar-refractivity contribution in [2.75, 3.05) is 7.05 Å². The number of nitrogens with one attached hydrogen (secondary N) is 2. The lowest BCUT2D eigenvalue weighted by Crippen LogP contribution is -2.45. The summed E-state index contributed by atoms with van der Waals surface area (Å²) in [5, 5.41) is 5.38. The first-order valence-electron chi connectivity index (χ1n) is 8.06. The Morgan fingerprint density at radius 3 is 2.50 bits per heavy atom. The molecule has 2 N–H and O–H groups in total. The standard InChI is InChI=1S/C18H24N4O2/c1-5-16(18(24)19-4)21-17(23)15-10-12(2)22(13(15)3)11-14-6-8-20-9-7-14/h6-10,16H,5,11H2,1-4H3,(H,19,24)(H,21,23). The molecule has 6 nitrogen and oxygen atoms in total. The smallest absolute Gasteiger partial charge is 0.253 e. The van der Waals surface area contributed by atoms with E-state index < -0.39 is 6.04 Å². The molecule has 2 rings (SSSR count). The molecule has 0 saturated carbocycles. The van der Waals surface area contributed by atoms with Crippen LogP contribution in [0.4, 0.5) is 0 Å². The van der Waals surface area contributed by atoms with E-state index in [1.54, 1.807) is 19.4 Å². The van der Waals surface area contributed by atoms with Crippen molar-refractivity contribution in [2.24, 2.45) is 0 Å². The van der Waals surface area contributed by atoms with E-state index in [4.69, 9.17) is 0 Å². The molecule has 2 aromatic rings. The Labute approximate surface area is 142 Å². The lowest BCUT2D eigenvalue weighted by atomic mass is 10.1. The van der Waals surface area contributed by atoms with Gasteiger partial charge in [0, 0.05) is 37.4 Å². The molecular formula is C18H24N4O2. The Morgan fingerprint density at radius 1 is 1.25 bits per heavy atom. The first-order chi connectivity index (χ1) is 11.5. The average molecular weight is 328 g/mol. The van der Waals surface area contributed by atoms with Crippen LogP contribution in [-0.2, 0) is 11.3 Å². The van der Waals surface area contributed by atoms with Crippen LogP contribution in [0.25, 0.3) is 0 Å². The van der Waals surface area contributed by atoms with E-state index in [9.17, 15) is 9.59 Å². The number of amides is 2. The minimum Gasteiger partial charge on any atom is -0.357 e.